The number of nitrogens with one attached hydrogen (secondary N) is 1. The highest BCUT2D eigenvalue weighted by molar-refractivity contribution is 6.04. The second kappa shape index (κ2) is 9.49. The van der Waals surface area contributed by atoms with Gasteiger partial charge in [-0.3, -0.25) is 9.78 Å². The molecular formula is C24H21N5O4. The molecule has 2 aromatic carbocycles. The molecule has 1 aliphatic rings. The minimum absolute atomic E-state index is 0.190. The fraction of sp³-hybridized carbons (Fsp3) is 0.167. The van der Waals surface area contributed by atoms with Gasteiger partial charge in [0.2, 0.25) is 6.39 Å². The van der Waals surface area contributed by atoms with Crippen LogP contribution in [0.4, 0.5) is 11.4 Å². The third kappa shape index (κ3) is 4.99. The summed E-state index contributed by atoms with van der Waals surface area (Å²) in [6, 6.07) is 18.2. The van der Waals surface area contributed by atoms with Crippen LogP contribution in [-0.2, 0) is 4.74 Å². The third-order valence-corrected chi connectivity index (χ3v) is 5.12. The number of morpholine rings is 1. The van der Waals surface area contributed by atoms with Gasteiger partial charge in [0, 0.05) is 48.4 Å². The lowest BCUT2D eigenvalue weighted by molar-refractivity contribution is 0.102. The Morgan fingerprint density at radius 3 is 2.70 bits per heavy atom. The summed E-state index contributed by atoms with van der Waals surface area (Å²) >= 11 is 0. The summed E-state index contributed by atoms with van der Waals surface area (Å²) in [6.07, 6.45) is 2.84. The van der Waals surface area contributed by atoms with Crippen molar-refractivity contribution in [3.63, 3.8) is 0 Å². The predicted molar refractivity (Wildman–Crippen MR) is 121 cm³/mol. The number of anilines is 2. The topological polar surface area (TPSA) is 103 Å². The Balaban J connectivity index is 1.28. The number of hydrogen-bond acceptors (Lipinski definition) is 8. The maximum Gasteiger partial charge on any atom is 0.266 e. The molecule has 9 nitrogen and oxygen atoms in total. The van der Waals surface area contributed by atoms with Gasteiger partial charge in [-0.2, -0.15) is 0 Å². The molecule has 0 saturated carbocycles. The van der Waals surface area contributed by atoms with Crippen LogP contribution in [0.1, 0.15) is 10.4 Å². The minimum Gasteiger partial charge on any atom is -0.457 e. The van der Waals surface area contributed by atoms with Crippen LogP contribution in [-0.4, -0.2) is 47.4 Å². The molecule has 4 aromatic rings. The van der Waals surface area contributed by atoms with Gasteiger partial charge in [0.1, 0.15) is 17.2 Å². The van der Waals surface area contributed by atoms with E-state index in [1.54, 1.807) is 30.5 Å². The second-order valence-electron chi connectivity index (χ2n) is 7.35. The predicted octanol–water partition coefficient (Wildman–Crippen LogP) is 4.01. The fourth-order valence-electron chi connectivity index (χ4n) is 3.52. The summed E-state index contributed by atoms with van der Waals surface area (Å²) in [7, 11) is 0. The van der Waals surface area contributed by atoms with Gasteiger partial charge < -0.3 is 24.1 Å². The van der Waals surface area contributed by atoms with Crippen LogP contribution in [0, 0.1) is 0 Å². The molecule has 0 bridgehead atoms. The van der Waals surface area contributed by atoms with Gasteiger partial charge in [0.25, 0.3) is 11.8 Å². The number of carbonyl (C=O) groups excluding carboxylic acids is 1. The quantitative estimate of drug-likeness (QED) is 0.477. The molecule has 1 saturated heterocycles. The van der Waals surface area contributed by atoms with E-state index < -0.39 is 0 Å². The van der Waals surface area contributed by atoms with E-state index in [-0.39, 0.29) is 5.91 Å². The van der Waals surface area contributed by atoms with Crippen LogP contribution >= 0.6 is 0 Å². The van der Waals surface area contributed by atoms with Gasteiger partial charge in [-0.15, -0.1) is 10.2 Å². The second-order valence-corrected chi connectivity index (χ2v) is 7.35. The lowest BCUT2D eigenvalue weighted by Crippen LogP contribution is -2.36. The van der Waals surface area contributed by atoms with Crippen molar-refractivity contribution in [2.24, 2.45) is 0 Å². The zero-order chi connectivity index (χ0) is 22.5. The van der Waals surface area contributed by atoms with Gasteiger partial charge >= 0.3 is 0 Å². The number of ether oxygens (including phenoxy) is 2. The number of rotatable bonds is 6. The van der Waals surface area contributed by atoms with Crippen LogP contribution in [0.15, 0.2) is 77.7 Å². The van der Waals surface area contributed by atoms with E-state index in [4.69, 9.17) is 13.9 Å². The number of aromatic nitrogens is 3. The largest absolute Gasteiger partial charge is 0.457 e. The lowest BCUT2D eigenvalue weighted by atomic mass is 10.1. The molecule has 1 fully saturated rings. The molecule has 9 heteroatoms. The van der Waals surface area contributed by atoms with E-state index in [0.29, 0.717) is 47.5 Å². The van der Waals surface area contributed by atoms with Gasteiger partial charge in [0.05, 0.1) is 13.2 Å². The van der Waals surface area contributed by atoms with Crippen LogP contribution in [0.25, 0.3) is 11.6 Å². The Morgan fingerprint density at radius 2 is 1.85 bits per heavy atom. The highest BCUT2D eigenvalue weighted by atomic mass is 16.5. The van der Waals surface area contributed by atoms with Gasteiger partial charge in [-0.25, -0.2) is 0 Å². The number of carbonyl (C=O) groups is 1. The normalized spacial score (nSPS) is 13.5. The van der Waals surface area contributed by atoms with Gasteiger partial charge in [0.15, 0.2) is 0 Å². The fourth-order valence-corrected chi connectivity index (χ4v) is 3.52. The first kappa shape index (κ1) is 20.7. The van der Waals surface area contributed by atoms with E-state index in [9.17, 15) is 4.79 Å². The summed E-state index contributed by atoms with van der Waals surface area (Å²) < 4.78 is 16.5. The number of hydrogen-bond donors (Lipinski definition) is 1. The van der Waals surface area contributed by atoms with E-state index in [2.05, 4.69) is 25.4 Å². The molecule has 0 spiro atoms. The first-order valence-corrected chi connectivity index (χ1v) is 10.5. The summed E-state index contributed by atoms with van der Waals surface area (Å²) in [4.78, 5) is 19.3. The summed E-state index contributed by atoms with van der Waals surface area (Å²) in [5, 5.41) is 10.5. The number of benzene rings is 2. The molecule has 1 amide bonds. The van der Waals surface area contributed by atoms with Crippen molar-refractivity contribution in [1.29, 1.82) is 0 Å². The molecule has 0 atom stereocenters. The molecular weight excluding hydrogens is 422 g/mol. The van der Waals surface area contributed by atoms with Gasteiger partial charge in [-0.1, -0.05) is 12.1 Å². The smallest absolute Gasteiger partial charge is 0.266 e. The van der Waals surface area contributed by atoms with Gasteiger partial charge in [-0.05, 0) is 36.4 Å². The Bertz CT molecular complexity index is 1240. The van der Waals surface area contributed by atoms with Crippen molar-refractivity contribution in [1.82, 2.24) is 15.2 Å². The molecule has 0 radical (unpaired) electrons. The van der Waals surface area contributed by atoms with Crippen LogP contribution < -0.4 is 15.0 Å². The maximum atomic E-state index is 12.9. The SMILES string of the molecule is O=C(Nc1cccc(Oc2ccnc(-c3nnco3)c2)c1)c1cccc(N2CCOCC2)c1. The summed E-state index contributed by atoms with van der Waals surface area (Å²) in [5.41, 5.74) is 2.73. The molecule has 3 heterocycles. The van der Waals surface area contributed by atoms with Crippen molar-refractivity contribution in [3.8, 4) is 23.1 Å². The molecule has 5 rings (SSSR count). The Kier molecular flexibility index (Phi) is 5.94. The Labute approximate surface area is 190 Å². The summed E-state index contributed by atoms with van der Waals surface area (Å²) in [5.74, 6) is 1.24. The average Bonchev–Trinajstić information content (AvgIpc) is 3.40. The van der Waals surface area contributed by atoms with Crippen molar-refractivity contribution in [2.45, 2.75) is 0 Å². The molecule has 2 aromatic heterocycles. The minimum atomic E-state index is -0.190. The third-order valence-electron chi connectivity index (χ3n) is 5.12. The van der Waals surface area contributed by atoms with Crippen LogP contribution in [0.3, 0.4) is 0 Å². The highest BCUT2D eigenvalue weighted by Gasteiger charge is 2.14. The van der Waals surface area contributed by atoms with Crippen molar-refractivity contribution in [2.75, 3.05) is 36.5 Å². The van der Waals surface area contributed by atoms with Crippen molar-refractivity contribution < 1.29 is 18.7 Å². The molecule has 33 heavy (non-hydrogen) atoms. The molecule has 1 N–H and O–H groups in total. The number of nitrogens with zero attached hydrogens (tertiary/aromatic N) is 4. The van der Waals surface area contributed by atoms with E-state index >= 15 is 0 Å². The number of amides is 1. The average molecular weight is 443 g/mol. The Hall–Kier alpha value is -4.24. The zero-order valence-electron chi connectivity index (χ0n) is 17.7. The molecule has 0 aliphatic carbocycles. The lowest BCUT2D eigenvalue weighted by Gasteiger charge is -2.29. The Morgan fingerprint density at radius 1 is 1.00 bits per heavy atom. The van der Waals surface area contributed by atoms with Crippen LogP contribution in [0.5, 0.6) is 11.5 Å². The number of pyridine rings is 1. The first-order chi connectivity index (χ1) is 16.2. The van der Waals surface area contributed by atoms with E-state index in [0.717, 1.165) is 18.8 Å². The molecule has 0 unspecified atom stereocenters. The standard InChI is InChI=1S/C24H21N5O4/c30-23(17-3-1-5-19(13-17)29-9-11-31-12-10-29)27-18-4-2-6-20(14-18)33-21-7-8-25-22(15-21)24-28-26-16-32-24/h1-8,13-16H,9-12H2,(H,27,30). The van der Waals surface area contributed by atoms with E-state index in [1.807, 2.05) is 36.4 Å². The monoisotopic (exact) mass is 443 g/mol. The molecule has 1 aliphatic heterocycles. The zero-order valence-corrected chi connectivity index (χ0v) is 17.7. The van der Waals surface area contributed by atoms with E-state index in [1.165, 1.54) is 6.39 Å². The van der Waals surface area contributed by atoms with Crippen LogP contribution in [0.2, 0.25) is 0 Å². The maximum absolute atomic E-state index is 12.9. The highest BCUT2D eigenvalue weighted by Crippen LogP contribution is 2.27. The van der Waals surface area contributed by atoms with Crippen molar-refractivity contribution in [3.05, 3.63) is 78.8 Å². The molecule has 166 valence electrons. The first-order valence-electron chi connectivity index (χ1n) is 10.5. The summed E-state index contributed by atoms with van der Waals surface area (Å²) in [6.45, 7) is 3.01. The van der Waals surface area contributed by atoms with Crippen molar-refractivity contribution >= 4 is 17.3 Å².